The maximum atomic E-state index is 10.3. The number of hydrogen-bond donors (Lipinski definition) is 2. The van der Waals surface area contributed by atoms with E-state index in [-0.39, 0.29) is 11.8 Å². The summed E-state index contributed by atoms with van der Waals surface area (Å²) in [5.74, 6) is 5.57. The van der Waals surface area contributed by atoms with Crippen molar-refractivity contribution in [2.75, 3.05) is 6.54 Å². The largest absolute Gasteiger partial charge is 0.393 e. The van der Waals surface area contributed by atoms with Gasteiger partial charge in [0.1, 0.15) is 5.72 Å². The molecule has 3 heteroatoms. The predicted octanol–water partition coefficient (Wildman–Crippen LogP) is 5.37. The van der Waals surface area contributed by atoms with Crippen molar-refractivity contribution in [2.24, 2.45) is 52.3 Å². The summed E-state index contributed by atoms with van der Waals surface area (Å²) >= 11 is 0. The topological polar surface area (TPSA) is 41.5 Å². The number of aliphatic hydroxyl groups is 1. The Labute approximate surface area is 184 Å². The monoisotopic (exact) mass is 415 g/mol. The third-order valence-electron chi connectivity index (χ3n) is 12.1. The molecular weight excluding hydrogens is 370 g/mol. The summed E-state index contributed by atoms with van der Waals surface area (Å²) < 4.78 is 7.01. The molecule has 6 fully saturated rings. The van der Waals surface area contributed by atoms with Crippen molar-refractivity contribution in [1.29, 1.82) is 0 Å². The van der Waals surface area contributed by atoms with E-state index < -0.39 is 0 Å². The molecule has 6 aliphatic rings. The van der Waals surface area contributed by atoms with Crippen molar-refractivity contribution in [3.05, 3.63) is 0 Å². The number of hydrogen-bond acceptors (Lipinski definition) is 3. The fraction of sp³-hybridized carbons (Fsp3) is 1.00. The Morgan fingerprint density at radius 1 is 0.867 bits per heavy atom. The highest BCUT2D eigenvalue weighted by Crippen LogP contribution is 2.71. The minimum absolute atomic E-state index is 0.0319. The summed E-state index contributed by atoms with van der Waals surface area (Å²) in [7, 11) is 0. The highest BCUT2D eigenvalue weighted by molar-refractivity contribution is 5.16. The van der Waals surface area contributed by atoms with Gasteiger partial charge in [0.15, 0.2) is 0 Å². The fourth-order valence-corrected chi connectivity index (χ4v) is 10.4. The summed E-state index contributed by atoms with van der Waals surface area (Å²) in [6, 6.07) is 0. The first-order valence-corrected chi connectivity index (χ1v) is 13.4. The molecule has 2 saturated heterocycles. The van der Waals surface area contributed by atoms with Gasteiger partial charge < -0.3 is 9.84 Å². The van der Waals surface area contributed by atoms with Crippen LogP contribution in [0, 0.1) is 52.3 Å². The number of rotatable bonds is 0. The third kappa shape index (κ3) is 2.61. The average molecular weight is 416 g/mol. The minimum Gasteiger partial charge on any atom is -0.393 e. The van der Waals surface area contributed by atoms with Crippen LogP contribution in [0.4, 0.5) is 0 Å². The smallest absolute Gasteiger partial charge is 0.122 e. The van der Waals surface area contributed by atoms with Crippen LogP contribution >= 0.6 is 0 Å². The summed E-state index contributed by atoms with van der Waals surface area (Å²) in [5, 5.41) is 14.2. The molecule has 0 radical (unpaired) electrons. The lowest BCUT2D eigenvalue weighted by Crippen LogP contribution is -2.57. The second kappa shape index (κ2) is 6.70. The van der Waals surface area contributed by atoms with Crippen molar-refractivity contribution in [2.45, 2.75) is 110 Å². The van der Waals surface area contributed by atoms with Crippen LogP contribution in [0.5, 0.6) is 0 Å². The fourth-order valence-electron chi connectivity index (χ4n) is 10.4. The number of piperidine rings is 1. The average Bonchev–Trinajstić information content (AvgIpc) is 3.16. The summed E-state index contributed by atoms with van der Waals surface area (Å²) in [6.45, 7) is 11.3. The zero-order valence-corrected chi connectivity index (χ0v) is 19.8. The van der Waals surface area contributed by atoms with Gasteiger partial charge in [0.25, 0.3) is 0 Å². The molecule has 0 bridgehead atoms. The Bertz CT molecular complexity index is 686. The van der Waals surface area contributed by atoms with Gasteiger partial charge in [0.05, 0.1) is 12.2 Å². The van der Waals surface area contributed by atoms with Gasteiger partial charge in [-0.1, -0.05) is 27.7 Å². The molecule has 4 aliphatic carbocycles. The van der Waals surface area contributed by atoms with Crippen molar-refractivity contribution in [3.63, 3.8) is 0 Å². The number of nitrogens with one attached hydrogen (secondary N) is 1. The Kier molecular flexibility index (Phi) is 4.58. The molecule has 2 aliphatic heterocycles. The van der Waals surface area contributed by atoms with Gasteiger partial charge in [0, 0.05) is 12.5 Å². The summed E-state index contributed by atoms with van der Waals surface area (Å²) in [4.78, 5) is 0. The third-order valence-corrected chi connectivity index (χ3v) is 12.1. The van der Waals surface area contributed by atoms with Crippen LogP contribution in [0.3, 0.4) is 0 Å². The molecule has 0 aromatic carbocycles. The van der Waals surface area contributed by atoms with E-state index in [0.717, 1.165) is 54.9 Å². The van der Waals surface area contributed by atoms with Crippen LogP contribution in [0.1, 0.15) is 91.9 Å². The lowest BCUT2D eigenvalue weighted by Gasteiger charge is -2.61. The van der Waals surface area contributed by atoms with E-state index in [9.17, 15) is 5.11 Å². The van der Waals surface area contributed by atoms with Gasteiger partial charge in [-0.25, -0.2) is 0 Å². The molecule has 1 spiro atoms. The van der Waals surface area contributed by atoms with Gasteiger partial charge in [0.2, 0.25) is 0 Å². The van der Waals surface area contributed by atoms with E-state index in [1.165, 1.54) is 51.4 Å². The second-order valence-electron chi connectivity index (χ2n) is 13.3. The van der Waals surface area contributed by atoms with E-state index in [2.05, 4.69) is 33.0 Å². The zero-order chi connectivity index (χ0) is 20.9. The Morgan fingerprint density at radius 2 is 1.67 bits per heavy atom. The molecular formula is C27H45NO2. The normalized spacial score (nSPS) is 62.5. The molecule has 30 heavy (non-hydrogen) atoms. The van der Waals surface area contributed by atoms with Crippen molar-refractivity contribution < 1.29 is 9.84 Å². The lowest BCUT2D eigenvalue weighted by molar-refractivity contribution is -0.140. The zero-order valence-electron chi connectivity index (χ0n) is 19.8. The van der Waals surface area contributed by atoms with E-state index in [4.69, 9.17) is 4.74 Å². The van der Waals surface area contributed by atoms with Crippen molar-refractivity contribution in [3.8, 4) is 0 Å². The number of ether oxygens (including phenoxy) is 1. The van der Waals surface area contributed by atoms with Gasteiger partial charge in [-0.15, -0.1) is 0 Å². The summed E-state index contributed by atoms with van der Waals surface area (Å²) in [6.07, 6.45) is 13.2. The molecule has 6 rings (SSSR count). The molecule has 170 valence electrons. The van der Waals surface area contributed by atoms with Gasteiger partial charge in [-0.2, -0.15) is 0 Å². The Hall–Kier alpha value is -0.120. The first-order chi connectivity index (χ1) is 14.3. The maximum absolute atomic E-state index is 10.3. The first-order valence-electron chi connectivity index (χ1n) is 13.4. The summed E-state index contributed by atoms with van der Waals surface area (Å²) in [5.41, 5.74) is 0.919. The Balaban J connectivity index is 1.26. The van der Waals surface area contributed by atoms with Gasteiger partial charge >= 0.3 is 0 Å². The Morgan fingerprint density at radius 3 is 2.43 bits per heavy atom. The molecule has 0 amide bonds. The van der Waals surface area contributed by atoms with Crippen molar-refractivity contribution in [1.82, 2.24) is 5.32 Å². The quantitative estimate of drug-likeness (QED) is 0.559. The van der Waals surface area contributed by atoms with E-state index >= 15 is 0 Å². The van der Waals surface area contributed by atoms with Crippen LogP contribution in [0.15, 0.2) is 0 Å². The molecule has 4 saturated carbocycles. The predicted molar refractivity (Wildman–Crippen MR) is 120 cm³/mol. The SMILES string of the molecule is CC1CC[C@]2(NC1)O[C@H]1C[C@H]3[C@@H]4CC[C@H]5C[C@@H](O)CC[C@]5(C)[C@H]4CC[C@]3(C)C1[C@@H]2C. The number of fused-ring (bicyclic) bond motifs is 7. The van der Waals surface area contributed by atoms with Crippen LogP contribution in [0.25, 0.3) is 0 Å². The standard InChI is InChI=1S/C27H45NO2/c1-16-7-12-27(28-15-16)17(2)24-23(30-27)14-22-20-6-5-18-13-19(29)8-10-25(18,3)21(20)9-11-26(22,24)4/h16-24,28-29H,5-15H2,1-4H3/t16?,17-,18-,19-,20+,21-,22-,23-,24?,25-,26-,27-/m0/s1. The molecule has 2 heterocycles. The minimum atomic E-state index is -0.0320. The highest BCUT2D eigenvalue weighted by atomic mass is 16.5. The van der Waals surface area contributed by atoms with Crippen LogP contribution in [-0.4, -0.2) is 29.6 Å². The molecule has 2 unspecified atom stereocenters. The highest BCUT2D eigenvalue weighted by Gasteiger charge is 2.68. The molecule has 0 aromatic heterocycles. The van der Waals surface area contributed by atoms with Crippen LogP contribution in [-0.2, 0) is 4.74 Å². The van der Waals surface area contributed by atoms with Gasteiger partial charge in [-0.3, -0.25) is 5.32 Å². The molecule has 2 N–H and O–H groups in total. The van der Waals surface area contributed by atoms with Crippen LogP contribution in [0.2, 0.25) is 0 Å². The lowest BCUT2D eigenvalue weighted by atomic mass is 9.44. The number of aliphatic hydroxyl groups excluding tert-OH is 1. The first kappa shape index (κ1) is 20.5. The van der Waals surface area contributed by atoms with E-state index in [1.54, 1.807) is 0 Å². The van der Waals surface area contributed by atoms with Gasteiger partial charge in [-0.05, 0) is 111 Å². The molecule has 0 aromatic rings. The van der Waals surface area contributed by atoms with Crippen LogP contribution < -0.4 is 5.32 Å². The maximum Gasteiger partial charge on any atom is 0.122 e. The van der Waals surface area contributed by atoms with Crippen molar-refractivity contribution >= 4 is 0 Å². The molecule has 3 nitrogen and oxygen atoms in total. The van der Waals surface area contributed by atoms with E-state index in [1.807, 2.05) is 0 Å². The molecule has 12 atom stereocenters. The second-order valence-corrected chi connectivity index (χ2v) is 13.3. The van der Waals surface area contributed by atoms with E-state index in [0.29, 0.717) is 22.9 Å².